The Labute approximate surface area is 130 Å². The molecule has 1 aromatic rings. The number of alkyl halides is 3. The standard InChI is InChI=1S/C16H14F3N4/c1-9(2)10-3-4-13-14(22-8-23(13)7-10)11-5-12(16(17,18)19)15(20)21-6-11/h3-9,20H,1-2H3/q+1/p+1/b14-11+,20-15?. The zero-order valence-electron chi connectivity index (χ0n) is 12.6. The third-order valence-corrected chi connectivity index (χ3v) is 3.72. The van der Waals surface area contributed by atoms with Crippen molar-refractivity contribution in [1.82, 2.24) is 0 Å². The molecule has 3 heterocycles. The van der Waals surface area contributed by atoms with E-state index in [0.29, 0.717) is 17.3 Å². The molecule has 3 rings (SSSR count). The molecule has 0 aromatic carbocycles. The normalized spacial score (nSPS) is 20.3. The smallest absolute Gasteiger partial charge is 0.283 e. The Bertz CT molecular complexity index is 811. The van der Waals surface area contributed by atoms with E-state index in [1.54, 1.807) is 10.9 Å². The van der Waals surface area contributed by atoms with Crippen LogP contribution in [0.1, 0.15) is 31.0 Å². The van der Waals surface area contributed by atoms with Crippen LogP contribution in [-0.2, 0) is 0 Å². The quantitative estimate of drug-likeness (QED) is 0.761. The van der Waals surface area contributed by atoms with Crippen LogP contribution >= 0.6 is 0 Å². The van der Waals surface area contributed by atoms with Crippen molar-refractivity contribution >= 4 is 24.1 Å². The summed E-state index contributed by atoms with van der Waals surface area (Å²) in [4.78, 5) is 7.90. The van der Waals surface area contributed by atoms with Crippen molar-refractivity contribution in [3.8, 4) is 0 Å². The Morgan fingerprint density at radius 3 is 2.57 bits per heavy atom. The fraction of sp³-hybridized carbons (Fsp3) is 0.250. The predicted octanol–water partition coefficient (Wildman–Crippen LogP) is 1.43. The second-order valence-electron chi connectivity index (χ2n) is 5.66. The van der Waals surface area contributed by atoms with Crippen LogP contribution in [0.15, 0.2) is 45.5 Å². The fourth-order valence-electron chi connectivity index (χ4n) is 2.41. The summed E-state index contributed by atoms with van der Waals surface area (Å²) in [6.45, 7) is 4.14. The van der Waals surface area contributed by atoms with Gasteiger partial charge in [0.1, 0.15) is 5.57 Å². The average Bonchev–Trinajstić information content (AvgIpc) is 2.89. The molecule has 4 nitrogen and oxygen atoms in total. The summed E-state index contributed by atoms with van der Waals surface area (Å²) in [5, 5.41) is 5.34. The molecule has 2 N–H and O–H groups in total. The van der Waals surface area contributed by atoms with Crippen molar-refractivity contribution in [2.75, 3.05) is 0 Å². The van der Waals surface area contributed by atoms with E-state index in [9.17, 15) is 13.2 Å². The van der Waals surface area contributed by atoms with Gasteiger partial charge < -0.3 is 0 Å². The molecule has 0 unspecified atom stereocenters. The predicted molar refractivity (Wildman–Crippen MR) is 81.1 cm³/mol. The monoisotopic (exact) mass is 320 g/mol. The topological polar surface area (TPSA) is 54.2 Å². The van der Waals surface area contributed by atoms with Crippen LogP contribution in [0.25, 0.3) is 5.70 Å². The number of aromatic nitrogens is 1. The molecule has 23 heavy (non-hydrogen) atoms. The van der Waals surface area contributed by atoms with Gasteiger partial charge in [0.25, 0.3) is 6.34 Å². The lowest BCUT2D eigenvalue weighted by molar-refractivity contribution is -0.545. The van der Waals surface area contributed by atoms with Gasteiger partial charge in [0.2, 0.25) is 5.70 Å². The number of dihydropyridines is 1. The SMILES string of the molecule is CC(C)c1ccc2[n+](c1)C=N/C2=C1/C=NC(=[NH2+])C(C(F)(F)F)=C1. The molecular weight excluding hydrogens is 305 g/mol. The van der Waals surface area contributed by atoms with Crippen LogP contribution < -0.4 is 9.98 Å². The Kier molecular flexibility index (Phi) is 3.50. The van der Waals surface area contributed by atoms with Crippen molar-refractivity contribution in [2.45, 2.75) is 25.9 Å². The zero-order chi connectivity index (χ0) is 16.8. The van der Waals surface area contributed by atoms with Crippen molar-refractivity contribution in [3.05, 3.63) is 46.8 Å². The number of amidine groups is 1. The maximum absolute atomic E-state index is 13.0. The molecule has 0 amide bonds. The number of pyridine rings is 1. The summed E-state index contributed by atoms with van der Waals surface area (Å²) in [6, 6.07) is 3.79. The number of nitrogens with zero attached hydrogens (tertiary/aromatic N) is 3. The van der Waals surface area contributed by atoms with Crippen LogP contribution in [-0.4, -0.2) is 24.6 Å². The van der Waals surface area contributed by atoms with Crippen molar-refractivity contribution in [3.63, 3.8) is 0 Å². The van der Waals surface area contributed by atoms with Gasteiger partial charge in [-0.25, -0.2) is 0 Å². The maximum atomic E-state index is 13.0. The lowest BCUT2D eigenvalue weighted by Gasteiger charge is -2.09. The van der Waals surface area contributed by atoms with E-state index in [4.69, 9.17) is 5.41 Å². The highest BCUT2D eigenvalue weighted by atomic mass is 19.4. The first-order chi connectivity index (χ1) is 10.8. The third kappa shape index (κ3) is 2.74. The van der Waals surface area contributed by atoms with Gasteiger partial charge >= 0.3 is 12.0 Å². The highest BCUT2D eigenvalue weighted by Crippen LogP contribution is 2.31. The number of aliphatic imine (C=N–C) groups is 2. The molecule has 0 bridgehead atoms. The highest BCUT2D eigenvalue weighted by molar-refractivity contribution is 6.10. The minimum Gasteiger partial charge on any atom is -0.283 e. The first-order valence-electron chi connectivity index (χ1n) is 7.07. The number of hydrogen-bond donors (Lipinski definition) is 1. The zero-order valence-corrected chi connectivity index (χ0v) is 12.6. The van der Waals surface area contributed by atoms with Gasteiger partial charge in [0, 0.05) is 0 Å². The van der Waals surface area contributed by atoms with Crippen molar-refractivity contribution in [1.29, 1.82) is 0 Å². The van der Waals surface area contributed by atoms with Crippen molar-refractivity contribution < 1.29 is 23.1 Å². The molecule has 0 radical (unpaired) electrons. The molecule has 0 spiro atoms. The van der Waals surface area contributed by atoms with Crippen LogP contribution in [0, 0.1) is 0 Å². The molecule has 2 aliphatic rings. The first-order valence-corrected chi connectivity index (χ1v) is 7.07. The first kappa shape index (κ1) is 15.3. The molecule has 0 aliphatic carbocycles. The van der Waals surface area contributed by atoms with E-state index >= 15 is 0 Å². The molecule has 2 aliphatic heterocycles. The Hall–Kier alpha value is -2.57. The van der Waals surface area contributed by atoms with Crippen molar-refractivity contribution in [2.24, 2.45) is 9.98 Å². The van der Waals surface area contributed by atoms with E-state index in [2.05, 4.69) is 23.8 Å². The summed E-state index contributed by atoms with van der Waals surface area (Å²) in [5.74, 6) is -0.188. The van der Waals surface area contributed by atoms with Crippen LogP contribution in [0.3, 0.4) is 0 Å². The van der Waals surface area contributed by atoms with E-state index in [1.807, 2.05) is 18.3 Å². The van der Waals surface area contributed by atoms with E-state index in [0.717, 1.165) is 11.6 Å². The van der Waals surface area contributed by atoms with Gasteiger partial charge in [-0.2, -0.15) is 17.7 Å². The number of rotatable bonds is 1. The van der Waals surface area contributed by atoms with Gasteiger partial charge in [-0.15, -0.1) is 0 Å². The largest absolute Gasteiger partial charge is 0.424 e. The van der Waals surface area contributed by atoms with Gasteiger partial charge in [-0.05, 0) is 33.6 Å². The lowest BCUT2D eigenvalue weighted by atomic mass is 10.0. The Balaban J connectivity index is 2.10. The van der Waals surface area contributed by atoms with E-state index in [-0.39, 0.29) is 5.57 Å². The maximum Gasteiger partial charge on any atom is 0.424 e. The molecule has 1 aromatic heterocycles. The number of fused-ring (bicyclic) bond motifs is 1. The second kappa shape index (κ2) is 5.26. The Morgan fingerprint density at radius 2 is 1.91 bits per heavy atom. The van der Waals surface area contributed by atoms with E-state index in [1.165, 1.54) is 6.21 Å². The summed E-state index contributed by atoms with van der Waals surface area (Å²) < 4.78 is 40.7. The molecular formula is C16H15F3N4+2. The van der Waals surface area contributed by atoms with Gasteiger partial charge in [0.05, 0.1) is 11.8 Å². The van der Waals surface area contributed by atoms with Gasteiger partial charge in [0.15, 0.2) is 11.9 Å². The summed E-state index contributed by atoms with van der Waals surface area (Å²) in [5.41, 5.74) is 1.61. The second-order valence-corrected chi connectivity index (χ2v) is 5.66. The molecule has 0 fully saturated rings. The fourth-order valence-corrected chi connectivity index (χ4v) is 2.41. The average molecular weight is 320 g/mol. The highest BCUT2D eigenvalue weighted by Gasteiger charge is 2.42. The molecule has 7 heteroatoms. The summed E-state index contributed by atoms with van der Waals surface area (Å²) >= 11 is 0. The Morgan fingerprint density at radius 1 is 1.17 bits per heavy atom. The van der Waals surface area contributed by atoms with Gasteiger partial charge in [-0.3, -0.25) is 5.41 Å². The summed E-state index contributed by atoms with van der Waals surface area (Å²) in [6.07, 6.45) is 1.25. The lowest BCUT2D eigenvalue weighted by Crippen LogP contribution is -2.44. The number of halogens is 3. The van der Waals surface area contributed by atoms with Crippen LogP contribution in [0.4, 0.5) is 13.2 Å². The van der Waals surface area contributed by atoms with Gasteiger partial charge in [-0.1, -0.05) is 19.9 Å². The molecule has 0 saturated heterocycles. The molecule has 0 atom stereocenters. The third-order valence-electron chi connectivity index (χ3n) is 3.72. The van der Waals surface area contributed by atoms with E-state index < -0.39 is 17.6 Å². The number of hydrogen-bond acceptors (Lipinski definition) is 1. The molecule has 118 valence electrons. The van der Waals surface area contributed by atoms with Crippen LogP contribution in [0.2, 0.25) is 0 Å². The van der Waals surface area contributed by atoms with Crippen LogP contribution in [0.5, 0.6) is 0 Å². The molecule has 0 saturated carbocycles. The number of nitrogens with two attached hydrogens (primary N) is 1. The minimum atomic E-state index is -4.55. The number of allylic oxidation sites excluding steroid dienone is 2. The minimum absolute atomic E-state index is 0.284. The summed E-state index contributed by atoms with van der Waals surface area (Å²) in [7, 11) is 0.